The van der Waals surface area contributed by atoms with Gasteiger partial charge in [0.25, 0.3) is 0 Å². The van der Waals surface area contributed by atoms with Gasteiger partial charge in [-0.2, -0.15) is 0 Å². The fourth-order valence-corrected chi connectivity index (χ4v) is 3.44. The molecule has 0 fully saturated rings. The van der Waals surface area contributed by atoms with Crippen LogP contribution in [-0.4, -0.2) is 18.5 Å². The van der Waals surface area contributed by atoms with Crippen molar-refractivity contribution in [3.63, 3.8) is 0 Å². The molecule has 0 saturated carbocycles. The topological polar surface area (TPSA) is 52.6 Å². The molecular weight excluding hydrogens is 387 g/mol. The van der Waals surface area contributed by atoms with E-state index < -0.39 is 17.4 Å². The normalized spacial score (nSPS) is 11.7. The summed E-state index contributed by atoms with van der Waals surface area (Å²) in [6.45, 7) is 7.65. The van der Waals surface area contributed by atoms with Crippen LogP contribution in [0.15, 0.2) is 30.3 Å². The van der Waals surface area contributed by atoms with Crippen LogP contribution in [0.1, 0.15) is 40.5 Å². The maximum absolute atomic E-state index is 13.0. The lowest BCUT2D eigenvalue weighted by Gasteiger charge is -2.27. The third-order valence-electron chi connectivity index (χ3n) is 4.63. The summed E-state index contributed by atoms with van der Waals surface area (Å²) >= 11 is 12.5. The highest BCUT2D eigenvalue weighted by Crippen LogP contribution is 2.40. The van der Waals surface area contributed by atoms with Gasteiger partial charge in [-0.3, -0.25) is 9.59 Å². The first-order valence-electron chi connectivity index (χ1n) is 9.03. The molecular formula is C21H24Cl2O4. The monoisotopic (exact) mass is 410 g/mol. The molecule has 6 heteroatoms. The van der Waals surface area contributed by atoms with Crippen LogP contribution < -0.4 is 4.74 Å². The van der Waals surface area contributed by atoms with Crippen LogP contribution in [0.25, 0.3) is 10.8 Å². The van der Waals surface area contributed by atoms with Crippen LogP contribution in [0, 0.1) is 11.3 Å². The predicted octanol–water partition coefficient (Wildman–Crippen LogP) is 6.06. The summed E-state index contributed by atoms with van der Waals surface area (Å²) in [4.78, 5) is 25.7. The van der Waals surface area contributed by atoms with Gasteiger partial charge in [-0.15, -0.1) is 0 Å². The number of rotatable bonds is 7. The van der Waals surface area contributed by atoms with E-state index in [0.717, 1.165) is 0 Å². The molecule has 0 amide bonds. The van der Waals surface area contributed by atoms with Gasteiger partial charge < -0.3 is 9.47 Å². The average molecular weight is 411 g/mol. The third kappa shape index (κ3) is 4.39. The van der Waals surface area contributed by atoms with E-state index in [1.165, 1.54) is 6.07 Å². The molecule has 0 atom stereocenters. The van der Waals surface area contributed by atoms with Gasteiger partial charge in [0, 0.05) is 10.8 Å². The Balaban J connectivity index is 2.42. The van der Waals surface area contributed by atoms with Crippen LogP contribution in [-0.2, 0) is 14.3 Å². The van der Waals surface area contributed by atoms with Crippen molar-refractivity contribution >= 4 is 45.9 Å². The van der Waals surface area contributed by atoms with Gasteiger partial charge in [0.05, 0.1) is 16.7 Å². The number of hydrogen-bond acceptors (Lipinski definition) is 4. The highest BCUT2D eigenvalue weighted by molar-refractivity contribution is 6.40. The van der Waals surface area contributed by atoms with Crippen LogP contribution in [0.2, 0.25) is 10.0 Å². The summed E-state index contributed by atoms with van der Waals surface area (Å²) in [5.41, 5.74) is -1.38. The van der Waals surface area contributed by atoms with E-state index in [1.54, 1.807) is 26.0 Å². The molecule has 0 saturated heterocycles. The summed E-state index contributed by atoms with van der Waals surface area (Å²) in [6.07, 6.45) is 0.533. The lowest BCUT2D eigenvalue weighted by atomic mass is 9.82. The lowest BCUT2D eigenvalue weighted by Crippen LogP contribution is -2.43. The zero-order valence-electron chi connectivity index (χ0n) is 16.0. The molecule has 0 radical (unpaired) electrons. The maximum Gasteiger partial charge on any atom is 0.328 e. The number of ether oxygens (including phenoxy) is 2. The number of hydrogen-bond donors (Lipinski definition) is 0. The quantitative estimate of drug-likeness (QED) is 0.316. The van der Waals surface area contributed by atoms with Crippen LogP contribution >= 0.6 is 23.2 Å². The Morgan fingerprint density at radius 3 is 2.15 bits per heavy atom. The van der Waals surface area contributed by atoms with E-state index in [1.807, 2.05) is 26.0 Å². The largest absolute Gasteiger partial charge is 0.465 e. The van der Waals surface area contributed by atoms with Crippen molar-refractivity contribution in [2.45, 2.75) is 40.5 Å². The van der Waals surface area contributed by atoms with Crippen molar-refractivity contribution < 1.29 is 19.1 Å². The molecule has 0 N–H and O–H groups in total. The van der Waals surface area contributed by atoms with Gasteiger partial charge in [-0.05, 0) is 24.8 Å². The molecule has 0 aliphatic heterocycles. The van der Waals surface area contributed by atoms with Crippen molar-refractivity contribution in [2.24, 2.45) is 11.3 Å². The molecule has 4 nitrogen and oxygen atoms in total. The van der Waals surface area contributed by atoms with Crippen molar-refractivity contribution in [3.8, 4) is 5.75 Å². The summed E-state index contributed by atoms with van der Waals surface area (Å²) < 4.78 is 11.0. The van der Waals surface area contributed by atoms with E-state index in [0.29, 0.717) is 15.8 Å². The molecule has 2 aromatic rings. The number of esters is 2. The SMILES string of the molecule is CCC(CC)(C(=O)OCC(C)C)C(=O)Oc1c(Cl)cc(Cl)c2ccccc12. The molecule has 146 valence electrons. The standard InChI is InChI=1S/C21H24Cl2O4/c1-5-21(6-2,19(24)26-12-13(3)4)20(25)27-18-15-10-8-7-9-14(15)16(22)11-17(18)23/h7-11,13H,5-6,12H2,1-4H3. The Morgan fingerprint density at radius 2 is 1.59 bits per heavy atom. The van der Waals surface area contributed by atoms with Crippen LogP contribution in [0.3, 0.4) is 0 Å². The molecule has 2 aromatic carbocycles. The van der Waals surface area contributed by atoms with Gasteiger partial charge in [0.15, 0.2) is 11.2 Å². The Labute approximate surface area is 169 Å². The minimum absolute atomic E-state index is 0.172. The molecule has 0 aliphatic rings. The Morgan fingerprint density at radius 1 is 1.00 bits per heavy atom. The Hall–Kier alpha value is -1.78. The van der Waals surface area contributed by atoms with Crippen molar-refractivity contribution in [3.05, 3.63) is 40.4 Å². The van der Waals surface area contributed by atoms with Crippen molar-refractivity contribution in [1.82, 2.24) is 0 Å². The van der Waals surface area contributed by atoms with Crippen molar-refractivity contribution in [2.75, 3.05) is 6.61 Å². The molecule has 0 unspecified atom stereocenters. The summed E-state index contributed by atoms with van der Waals surface area (Å²) in [5.74, 6) is -0.869. The second-order valence-electron chi connectivity index (χ2n) is 6.89. The summed E-state index contributed by atoms with van der Waals surface area (Å²) in [7, 11) is 0. The van der Waals surface area contributed by atoms with Gasteiger partial charge in [0.2, 0.25) is 0 Å². The fourth-order valence-electron chi connectivity index (χ4n) is 2.86. The van der Waals surface area contributed by atoms with Crippen molar-refractivity contribution in [1.29, 1.82) is 0 Å². The molecule has 0 spiro atoms. The average Bonchev–Trinajstić information content (AvgIpc) is 2.64. The number of benzene rings is 2. The van der Waals surface area contributed by atoms with Gasteiger partial charge >= 0.3 is 11.9 Å². The van der Waals surface area contributed by atoms with Crippen LogP contribution in [0.4, 0.5) is 0 Å². The molecule has 0 aromatic heterocycles. The highest BCUT2D eigenvalue weighted by Gasteiger charge is 2.46. The first-order valence-corrected chi connectivity index (χ1v) is 9.78. The molecule has 0 heterocycles. The van der Waals surface area contributed by atoms with E-state index in [-0.39, 0.29) is 36.1 Å². The van der Waals surface area contributed by atoms with E-state index in [4.69, 9.17) is 32.7 Å². The van der Waals surface area contributed by atoms with E-state index in [9.17, 15) is 9.59 Å². The molecule has 0 bridgehead atoms. The molecule has 2 rings (SSSR count). The van der Waals surface area contributed by atoms with E-state index >= 15 is 0 Å². The minimum atomic E-state index is -1.38. The number of fused-ring (bicyclic) bond motifs is 1. The summed E-state index contributed by atoms with van der Waals surface area (Å²) in [5, 5.41) is 2.00. The fraction of sp³-hybridized carbons (Fsp3) is 0.429. The smallest absolute Gasteiger partial charge is 0.328 e. The van der Waals surface area contributed by atoms with Crippen LogP contribution in [0.5, 0.6) is 5.75 Å². The predicted molar refractivity (Wildman–Crippen MR) is 108 cm³/mol. The number of carbonyl (C=O) groups excluding carboxylic acids is 2. The Bertz CT molecular complexity index is 841. The highest BCUT2D eigenvalue weighted by atomic mass is 35.5. The van der Waals surface area contributed by atoms with E-state index in [2.05, 4.69) is 0 Å². The second kappa shape index (κ2) is 8.94. The number of carbonyl (C=O) groups is 2. The molecule has 0 aliphatic carbocycles. The Kier molecular flexibility index (Phi) is 7.12. The zero-order chi connectivity index (χ0) is 20.2. The lowest BCUT2D eigenvalue weighted by molar-refractivity contribution is -0.168. The van der Waals surface area contributed by atoms with Gasteiger partial charge in [-0.25, -0.2) is 0 Å². The minimum Gasteiger partial charge on any atom is -0.465 e. The van der Waals surface area contributed by atoms with Gasteiger partial charge in [0.1, 0.15) is 0 Å². The van der Waals surface area contributed by atoms with Gasteiger partial charge in [-0.1, -0.05) is 75.2 Å². The number of halogens is 2. The maximum atomic E-state index is 13.0. The molecule has 27 heavy (non-hydrogen) atoms. The first-order chi connectivity index (χ1) is 12.8. The second-order valence-corrected chi connectivity index (χ2v) is 7.70. The third-order valence-corrected chi connectivity index (χ3v) is 5.22. The first kappa shape index (κ1) is 21.5. The summed E-state index contributed by atoms with van der Waals surface area (Å²) in [6, 6.07) is 8.75. The zero-order valence-corrected chi connectivity index (χ0v) is 17.5.